The van der Waals surface area contributed by atoms with Crippen LogP contribution in [0.15, 0.2) is 16.5 Å². The van der Waals surface area contributed by atoms with Gasteiger partial charge in [0.1, 0.15) is 5.76 Å². The zero-order chi connectivity index (χ0) is 14.8. The Balaban J connectivity index is 1.92. The smallest absolute Gasteiger partial charge is 0.211 e. The first-order valence-electron chi connectivity index (χ1n) is 6.83. The second-order valence-corrected chi connectivity index (χ2v) is 7.63. The van der Waals surface area contributed by atoms with Gasteiger partial charge in [0, 0.05) is 19.1 Å². The molecular formula is C13H21ClN2O3S. The molecule has 2 unspecified atom stereocenters. The Morgan fingerprint density at radius 2 is 2.25 bits per heavy atom. The number of rotatable bonds is 5. The van der Waals surface area contributed by atoms with Crippen LogP contribution in [0.5, 0.6) is 0 Å². The maximum atomic E-state index is 11.6. The third-order valence-corrected chi connectivity index (χ3v) is 5.33. The molecule has 20 heavy (non-hydrogen) atoms. The second kappa shape index (κ2) is 6.47. The summed E-state index contributed by atoms with van der Waals surface area (Å²) in [6.07, 6.45) is 3.04. The molecule has 1 N–H and O–H groups in total. The molecule has 1 fully saturated rings. The number of nitrogens with one attached hydrogen (secondary N) is 1. The molecule has 0 aromatic carbocycles. The standard InChI is InChI=1S/C13H21ClN2O3S/c1-3-10-9-16(20(2,17)18)7-6-12(10)15-8-11-4-5-13(14)19-11/h4-5,10,12,15H,3,6-9H2,1-2H3. The fraction of sp³-hybridized carbons (Fsp3) is 0.692. The lowest BCUT2D eigenvalue weighted by Gasteiger charge is -2.37. The normalized spacial score (nSPS) is 24.9. The maximum Gasteiger partial charge on any atom is 0.211 e. The molecule has 0 amide bonds. The van der Waals surface area contributed by atoms with Gasteiger partial charge in [-0.15, -0.1) is 0 Å². The molecule has 0 saturated carbocycles. The van der Waals surface area contributed by atoms with Gasteiger partial charge in [0.15, 0.2) is 5.22 Å². The molecule has 1 saturated heterocycles. The van der Waals surface area contributed by atoms with E-state index in [0.717, 1.165) is 18.6 Å². The minimum Gasteiger partial charge on any atom is -0.448 e. The Hall–Kier alpha value is -0.560. The highest BCUT2D eigenvalue weighted by molar-refractivity contribution is 7.88. The van der Waals surface area contributed by atoms with E-state index in [1.807, 2.05) is 6.07 Å². The zero-order valence-corrected chi connectivity index (χ0v) is 13.4. The molecule has 0 spiro atoms. The van der Waals surface area contributed by atoms with Crippen LogP contribution >= 0.6 is 11.6 Å². The molecule has 5 nitrogen and oxygen atoms in total. The van der Waals surface area contributed by atoms with Gasteiger partial charge in [-0.05, 0) is 36.1 Å². The molecule has 1 aromatic rings. The van der Waals surface area contributed by atoms with Crippen molar-refractivity contribution in [3.05, 3.63) is 23.1 Å². The molecular weight excluding hydrogens is 300 g/mol. The third-order valence-electron chi connectivity index (χ3n) is 3.86. The quantitative estimate of drug-likeness (QED) is 0.902. The van der Waals surface area contributed by atoms with Crippen LogP contribution in [0.25, 0.3) is 0 Å². The molecule has 0 bridgehead atoms. The number of piperidine rings is 1. The Labute approximate surface area is 125 Å². The lowest BCUT2D eigenvalue weighted by Crippen LogP contribution is -2.50. The molecule has 1 aliphatic heterocycles. The van der Waals surface area contributed by atoms with Crippen molar-refractivity contribution in [3.63, 3.8) is 0 Å². The predicted octanol–water partition coefficient (Wildman–Crippen LogP) is 2.08. The maximum absolute atomic E-state index is 11.6. The van der Waals surface area contributed by atoms with Gasteiger partial charge >= 0.3 is 0 Å². The lowest BCUT2D eigenvalue weighted by molar-refractivity contribution is 0.199. The molecule has 1 aliphatic rings. The Morgan fingerprint density at radius 1 is 1.50 bits per heavy atom. The van der Waals surface area contributed by atoms with Crippen LogP contribution in [0, 0.1) is 5.92 Å². The lowest BCUT2D eigenvalue weighted by atomic mass is 9.91. The van der Waals surface area contributed by atoms with E-state index in [9.17, 15) is 8.42 Å². The van der Waals surface area contributed by atoms with Crippen molar-refractivity contribution < 1.29 is 12.8 Å². The van der Waals surface area contributed by atoms with Gasteiger partial charge in [0.05, 0.1) is 12.8 Å². The van der Waals surface area contributed by atoms with E-state index < -0.39 is 10.0 Å². The van der Waals surface area contributed by atoms with Gasteiger partial charge in [-0.1, -0.05) is 13.3 Å². The summed E-state index contributed by atoms with van der Waals surface area (Å²) in [5.74, 6) is 1.12. The first kappa shape index (κ1) is 15.8. The van der Waals surface area contributed by atoms with E-state index in [-0.39, 0.29) is 0 Å². The Bertz CT molecular complexity index is 544. The van der Waals surface area contributed by atoms with Crippen molar-refractivity contribution in [2.75, 3.05) is 19.3 Å². The fourth-order valence-electron chi connectivity index (χ4n) is 2.66. The van der Waals surface area contributed by atoms with Crippen molar-refractivity contribution in [3.8, 4) is 0 Å². The predicted molar refractivity (Wildman–Crippen MR) is 79.2 cm³/mol. The first-order valence-corrected chi connectivity index (χ1v) is 9.05. The molecule has 2 rings (SSSR count). The first-order chi connectivity index (χ1) is 9.40. The van der Waals surface area contributed by atoms with Crippen molar-refractivity contribution in [2.45, 2.75) is 32.4 Å². The number of hydrogen-bond donors (Lipinski definition) is 1. The Morgan fingerprint density at radius 3 is 2.80 bits per heavy atom. The average molecular weight is 321 g/mol. The summed E-state index contributed by atoms with van der Waals surface area (Å²) in [4.78, 5) is 0. The average Bonchev–Trinajstić information content (AvgIpc) is 2.81. The van der Waals surface area contributed by atoms with Crippen LogP contribution in [-0.2, 0) is 16.6 Å². The van der Waals surface area contributed by atoms with Gasteiger partial charge < -0.3 is 9.73 Å². The van der Waals surface area contributed by atoms with E-state index in [0.29, 0.717) is 36.8 Å². The number of sulfonamides is 1. The van der Waals surface area contributed by atoms with Crippen molar-refractivity contribution in [2.24, 2.45) is 5.92 Å². The van der Waals surface area contributed by atoms with Crippen LogP contribution in [0.4, 0.5) is 0 Å². The summed E-state index contributed by atoms with van der Waals surface area (Å²) >= 11 is 5.74. The number of nitrogens with zero attached hydrogens (tertiary/aromatic N) is 1. The van der Waals surface area contributed by atoms with Crippen LogP contribution in [-0.4, -0.2) is 38.1 Å². The van der Waals surface area contributed by atoms with E-state index in [2.05, 4.69) is 12.2 Å². The molecule has 7 heteroatoms. The largest absolute Gasteiger partial charge is 0.448 e. The minimum absolute atomic E-state index is 0.307. The topological polar surface area (TPSA) is 62.6 Å². The number of furan rings is 1. The van der Waals surface area contributed by atoms with Gasteiger partial charge in [-0.3, -0.25) is 0 Å². The van der Waals surface area contributed by atoms with Gasteiger partial charge in [-0.2, -0.15) is 0 Å². The number of hydrogen-bond acceptors (Lipinski definition) is 4. The SMILES string of the molecule is CCC1CN(S(C)(=O)=O)CCC1NCc1ccc(Cl)o1. The fourth-order valence-corrected chi connectivity index (χ4v) is 3.72. The van der Waals surface area contributed by atoms with Crippen LogP contribution in [0.3, 0.4) is 0 Å². The molecule has 2 heterocycles. The Kier molecular flexibility index (Phi) is 5.12. The van der Waals surface area contributed by atoms with E-state index >= 15 is 0 Å². The van der Waals surface area contributed by atoms with E-state index in [1.165, 1.54) is 6.26 Å². The highest BCUT2D eigenvalue weighted by Crippen LogP contribution is 2.23. The zero-order valence-electron chi connectivity index (χ0n) is 11.8. The van der Waals surface area contributed by atoms with Crippen molar-refractivity contribution in [1.82, 2.24) is 9.62 Å². The van der Waals surface area contributed by atoms with Gasteiger partial charge in [0.2, 0.25) is 10.0 Å². The summed E-state index contributed by atoms with van der Waals surface area (Å²) in [6.45, 7) is 3.87. The van der Waals surface area contributed by atoms with Gasteiger partial charge in [0.25, 0.3) is 0 Å². The van der Waals surface area contributed by atoms with E-state index in [4.69, 9.17) is 16.0 Å². The summed E-state index contributed by atoms with van der Waals surface area (Å²) in [7, 11) is -3.09. The van der Waals surface area contributed by atoms with E-state index in [1.54, 1.807) is 10.4 Å². The van der Waals surface area contributed by atoms with Crippen LogP contribution in [0.1, 0.15) is 25.5 Å². The molecule has 114 valence electrons. The van der Waals surface area contributed by atoms with Crippen molar-refractivity contribution >= 4 is 21.6 Å². The number of halogens is 1. The van der Waals surface area contributed by atoms with Crippen LogP contribution < -0.4 is 5.32 Å². The second-order valence-electron chi connectivity index (χ2n) is 5.27. The molecule has 0 radical (unpaired) electrons. The third kappa shape index (κ3) is 3.97. The summed E-state index contributed by atoms with van der Waals surface area (Å²) in [5, 5.41) is 3.84. The summed E-state index contributed by atoms with van der Waals surface area (Å²) < 4.78 is 30.1. The summed E-state index contributed by atoms with van der Waals surface area (Å²) in [6, 6.07) is 3.88. The molecule has 1 aromatic heterocycles. The monoisotopic (exact) mass is 320 g/mol. The summed E-state index contributed by atoms with van der Waals surface area (Å²) in [5.41, 5.74) is 0. The highest BCUT2D eigenvalue weighted by Gasteiger charge is 2.31. The van der Waals surface area contributed by atoms with Gasteiger partial charge in [-0.25, -0.2) is 12.7 Å². The molecule has 0 aliphatic carbocycles. The van der Waals surface area contributed by atoms with Crippen LogP contribution in [0.2, 0.25) is 5.22 Å². The molecule has 2 atom stereocenters. The minimum atomic E-state index is -3.09. The highest BCUT2D eigenvalue weighted by atomic mass is 35.5. The van der Waals surface area contributed by atoms with Crippen molar-refractivity contribution in [1.29, 1.82) is 0 Å².